The molecule has 0 aromatic carbocycles. The quantitative estimate of drug-likeness (QED) is 0.819. The fraction of sp³-hybridized carbons (Fsp3) is 0.875. The van der Waals surface area contributed by atoms with Gasteiger partial charge in [-0.3, -0.25) is 4.79 Å². The molecule has 0 radical (unpaired) electrons. The van der Waals surface area contributed by atoms with Crippen LogP contribution in [-0.2, 0) is 4.79 Å². The van der Waals surface area contributed by atoms with Gasteiger partial charge in [-0.05, 0) is 39.0 Å². The summed E-state index contributed by atoms with van der Waals surface area (Å²) in [5, 5.41) is 11.8. The lowest BCUT2D eigenvalue weighted by atomic mass is 9.80. The molecule has 0 aromatic rings. The Morgan fingerprint density at radius 2 is 1.86 bits per heavy atom. The van der Waals surface area contributed by atoms with Crippen molar-refractivity contribution in [3.8, 4) is 0 Å². The molecular weight excluding hydrogens is 268 g/mol. The number of carbonyl (C=O) groups is 2. The van der Waals surface area contributed by atoms with Gasteiger partial charge in [0.15, 0.2) is 0 Å². The van der Waals surface area contributed by atoms with Gasteiger partial charge in [-0.25, -0.2) is 4.79 Å². The van der Waals surface area contributed by atoms with Crippen LogP contribution in [0.5, 0.6) is 0 Å². The Kier molecular flexibility index (Phi) is 6.49. The monoisotopic (exact) mass is 298 g/mol. The van der Waals surface area contributed by atoms with Gasteiger partial charge in [0.1, 0.15) is 0 Å². The molecule has 0 aliphatic heterocycles. The summed E-state index contributed by atoms with van der Waals surface area (Å²) in [6.07, 6.45) is 4.92. The number of carboxylic acids is 1. The van der Waals surface area contributed by atoms with Crippen molar-refractivity contribution in [2.45, 2.75) is 65.3 Å². The number of hydrogen-bond donors (Lipinski definition) is 2. The molecule has 1 aliphatic rings. The van der Waals surface area contributed by atoms with E-state index in [1.54, 1.807) is 4.90 Å². The van der Waals surface area contributed by atoms with Crippen LogP contribution in [0.2, 0.25) is 0 Å². The van der Waals surface area contributed by atoms with Crippen molar-refractivity contribution in [2.24, 2.45) is 11.8 Å². The summed E-state index contributed by atoms with van der Waals surface area (Å²) in [5.41, 5.74) is -0.377. The molecule has 0 heterocycles. The molecule has 0 aromatic heterocycles. The van der Waals surface area contributed by atoms with Gasteiger partial charge in [0.05, 0.1) is 6.42 Å². The molecule has 1 aliphatic carbocycles. The van der Waals surface area contributed by atoms with Crippen molar-refractivity contribution < 1.29 is 14.7 Å². The summed E-state index contributed by atoms with van der Waals surface area (Å²) in [5.74, 6) is 0.322. The zero-order valence-electron chi connectivity index (χ0n) is 13.8. The number of hydrogen-bond acceptors (Lipinski definition) is 2. The predicted molar refractivity (Wildman–Crippen MR) is 83.2 cm³/mol. The van der Waals surface area contributed by atoms with E-state index in [2.05, 4.69) is 12.2 Å². The minimum absolute atomic E-state index is 0.0233. The Morgan fingerprint density at radius 1 is 1.24 bits per heavy atom. The third kappa shape index (κ3) is 5.94. The average Bonchev–Trinajstić information content (AvgIpc) is 2.36. The highest BCUT2D eigenvalue weighted by molar-refractivity contribution is 5.76. The van der Waals surface area contributed by atoms with Crippen LogP contribution >= 0.6 is 0 Å². The Bertz CT molecular complexity index is 363. The van der Waals surface area contributed by atoms with Crippen LogP contribution in [0.4, 0.5) is 4.79 Å². The van der Waals surface area contributed by atoms with Crippen molar-refractivity contribution in [1.82, 2.24) is 10.2 Å². The smallest absolute Gasteiger partial charge is 0.317 e. The van der Waals surface area contributed by atoms with E-state index >= 15 is 0 Å². The summed E-state index contributed by atoms with van der Waals surface area (Å²) < 4.78 is 0. The zero-order chi connectivity index (χ0) is 16.0. The maximum absolute atomic E-state index is 12.4. The van der Waals surface area contributed by atoms with Gasteiger partial charge in [-0.15, -0.1) is 0 Å². The van der Waals surface area contributed by atoms with E-state index in [-0.39, 0.29) is 24.5 Å². The predicted octanol–water partition coefficient (Wildman–Crippen LogP) is 3.10. The van der Waals surface area contributed by atoms with E-state index in [4.69, 9.17) is 5.11 Å². The molecule has 122 valence electrons. The van der Waals surface area contributed by atoms with Crippen LogP contribution in [0.15, 0.2) is 0 Å². The number of carbonyl (C=O) groups excluding carboxylic acids is 1. The summed E-state index contributed by atoms with van der Waals surface area (Å²) in [6.45, 7) is 8.97. The molecule has 1 saturated carbocycles. The highest BCUT2D eigenvalue weighted by Gasteiger charge is 2.28. The number of urea groups is 1. The molecule has 1 fully saturated rings. The summed E-state index contributed by atoms with van der Waals surface area (Å²) in [4.78, 5) is 24.7. The normalized spacial score (nSPS) is 22.7. The first kappa shape index (κ1) is 17.8. The van der Waals surface area contributed by atoms with Gasteiger partial charge < -0.3 is 15.3 Å². The second kappa shape index (κ2) is 7.66. The van der Waals surface area contributed by atoms with Gasteiger partial charge in [0.25, 0.3) is 0 Å². The lowest BCUT2D eigenvalue weighted by molar-refractivity contribution is -0.137. The van der Waals surface area contributed by atoms with Crippen molar-refractivity contribution in [3.05, 3.63) is 0 Å². The second-order valence-electron chi connectivity index (χ2n) is 7.17. The van der Waals surface area contributed by atoms with Gasteiger partial charge in [0, 0.05) is 18.6 Å². The maximum atomic E-state index is 12.4. The second-order valence-corrected chi connectivity index (χ2v) is 7.17. The Balaban J connectivity index is 2.53. The van der Waals surface area contributed by atoms with Crippen LogP contribution in [0.25, 0.3) is 0 Å². The SMILES string of the molecule is CC1CCCCC1CNC(=O)N(CCC(=O)O)C(C)(C)C. The minimum atomic E-state index is -0.877. The topological polar surface area (TPSA) is 69.6 Å². The molecule has 5 nitrogen and oxygen atoms in total. The van der Waals surface area contributed by atoms with Gasteiger partial charge >= 0.3 is 12.0 Å². The number of aliphatic carboxylic acids is 1. The van der Waals surface area contributed by atoms with E-state index in [9.17, 15) is 9.59 Å². The van der Waals surface area contributed by atoms with Crippen LogP contribution < -0.4 is 5.32 Å². The van der Waals surface area contributed by atoms with Crippen LogP contribution in [0.1, 0.15) is 59.8 Å². The molecule has 0 saturated heterocycles. The first-order chi connectivity index (χ1) is 9.71. The number of amides is 2. The molecular formula is C16H30N2O3. The Hall–Kier alpha value is -1.26. The molecule has 2 atom stereocenters. The fourth-order valence-electron chi connectivity index (χ4n) is 2.96. The fourth-order valence-corrected chi connectivity index (χ4v) is 2.96. The number of carboxylic acid groups (broad SMARTS) is 1. The van der Waals surface area contributed by atoms with Gasteiger partial charge in [-0.2, -0.15) is 0 Å². The Labute approximate surface area is 128 Å². The van der Waals surface area contributed by atoms with Crippen molar-refractivity contribution in [3.63, 3.8) is 0 Å². The highest BCUT2D eigenvalue weighted by Crippen LogP contribution is 2.29. The molecule has 2 unspecified atom stereocenters. The average molecular weight is 298 g/mol. The van der Waals surface area contributed by atoms with Crippen LogP contribution in [-0.4, -0.2) is 40.6 Å². The molecule has 21 heavy (non-hydrogen) atoms. The van der Waals surface area contributed by atoms with E-state index in [0.717, 1.165) is 0 Å². The number of nitrogens with one attached hydrogen (secondary N) is 1. The standard InChI is InChI=1S/C16H30N2O3/c1-12-7-5-6-8-13(12)11-17-15(21)18(16(2,3)4)10-9-14(19)20/h12-13H,5-11H2,1-4H3,(H,17,21)(H,19,20). The molecule has 2 amide bonds. The molecule has 5 heteroatoms. The zero-order valence-corrected chi connectivity index (χ0v) is 13.8. The van der Waals surface area contributed by atoms with Gasteiger partial charge in [0.2, 0.25) is 0 Å². The Morgan fingerprint density at radius 3 is 2.38 bits per heavy atom. The molecule has 2 N–H and O–H groups in total. The third-order valence-electron chi connectivity index (χ3n) is 4.41. The molecule has 1 rings (SSSR count). The minimum Gasteiger partial charge on any atom is -0.481 e. The van der Waals surface area contributed by atoms with Crippen LogP contribution in [0.3, 0.4) is 0 Å². The van der Waals surface area contributed by atoms with Gasteiger partial charge in [-0.1, -0.05) is 26.2 Å². The van der Waals surface area contributed by atoms with E-state index in [1.807, 2.05) is 20.8 Å². The lowest BCUT2D eigenvalue weighted by Crippen LogP contribution is -2.52. The van der Waals surface area contributed by atoms with E-state index in [1.165, 1.54) is 25.7 Å². The summed E-state index contributed by atoms with van der Waals surface area (Å²) >= 11 is 0. The van der Waals surface area contributed by atoms with Crippen molar-refractivity contribution in [1.29, 1.82) is 0 Å². The van der Waals surface area contributed by atoms with Crippen molar-refractivity contribution >= 4 is 12.0 Å². The number of rotatable bonds is 5. The summed E-state index contributed by atoms with van der Waals surface area (Å²) in [7, 11) is 0. The van der Waals surface area contributed by atoms with Crippen molar-refractivity contribution in [2.75, 3.05) is 13.1 Å². The summed E-state index contributed by atoms with van der Waals surface area (Å²) in [6, 6.07) is -0.151. The highest BCUT2D eigenvalue weighted by atomic mass is 16.4. The first-order valence-corrected chi connectivity index (χ1v) is 7.99. The van der Waals surface area contributed by atoms with Crippen LogP contribution in [0, 0.1) is 11.8 Å². The first-order valence-electron chi connectivity index (χ1n) is 7.99. The largest absolute Gasteiger partial charge is 0.481 e. The molecule has 0 spiro atoms. The number of nitrogens with zero attached hydrogens (tertiary/aromatic N) is 1. The van der Waals surface area contributed by atoms with E-state index < -0.39 is 5.97 Å². The lowest BCUT2D eigenvalue weighted by Gasteiger charge is -2.36. The molecule has 0 bridgehead atoms. The van der Waals surface area contributed by atoms with E-state index in [0.29, 0.717) is 18.4 Å². The maximum Gasteiger partial charge on any atom is 0.317 e. The third-order valence-corrected chi connectivity index (χ3v) is 4.41.